The van der Waals surface area contributed by atoms with Gasteiger partial charge >= 0.3 is 5.63 Å². The summed E-state index contributed by atoms with van der Waals surface area (Å²) in [5, 5.41) is 13.2. The Labute approximate surface area is 192 Å². The van der Waals surface area contributed by atoms with E-state index in [2.05, 4.69) is 5.32 Å². The average Bonchev–Trinajstić information content (AvgIpc) is 3.01. The molecule has 0 bridgehead atoms. The third kappa shape index (κ3) is 4.28. The quantitative estimate of drug-likeness (QED) is 0.651. The molecular formula is C24H29NO7S. The van der Waals surface area contributed by atoms with Gasteiger partial charge in [-0.25, -0.2) is 13.2 Å². The van der Waals surface area contributed by atoms with Gasteiger partial charge in [-0.15, -0.1) is 0 Å². The first-order valence-electron chi connectivity index (χ1n) is 11.6. The molecule has 0 radical (unpaired) electrons. The molecule has 1 spiro atoms. The third-order valence-corrected chi connectivity index (χ3v) is 9.13. The minimum absolute atomic E-state index is 0.107. The monoisotopic (exact) mass is 475 g/mol. The molecule has 1 amide bonds. The summed E-state index contributed by atoms with van der Waals surface area (Å²) in [4.78, 5) is 25.3. The first kappa shape index (κ1) is 22.4. The number of fused-ring (bicyclic) bond motifs is 2. The molecule has 2 aliphatic heterocycles. The SMILES string of the molecule is Cc1c(CC(=O)N[C@@H]2CS(=O)(=O)C[C@@H]2O)c(=O)oc2cc3c(cc12)CCC1(CCCCC1)O3. The lowest BCUT2D eigenvalue weighted by atomic mass is 9.79. The minimum Gasteiger partial charge on any atom is -0.487 e. The van der Waals surface area contributed by atoms with Gasteiger partial charge in [0, 0.05) is 11.5 Å². The summed E-state index contributed by atoms with van der Waals surface area (Å²) >= 11 is 0. The highest BCUT2D eigenvalue weighted by molar-refractivity contribution is 7.91. The molecule has 2 fully saturated rings. The Kier molecular flexibility index (Phi) is 5.52. The van der Waals surface area contributed by atoms with Gasteiger partial charge in [0.15, 0.2) is 9.84 Å². The number of hydrogen-bond acceptors (Lipinski definition) is 7. The molecule has 1 saturated heterocycles. The lowest BCUT2D eigenvalue weighted by Gasteiger charge is -2.41. The molecule has 3 heterocycles. The summed E-state index contributed by atoms with van der Waals surface area (Å²) in [7, 11) is -3.38. The van der Waals surface area contributed by atoms with Crippen LogP contribution < -0.4 is 15.7 Å². The van der Waals surface area contributed by atoms with Crippen LogP contribution in [-0.4, -0.2) is 48.7 Å². The molecule has 0 unspecified atom stereocenters. The Bertz CT molecular complexity index is 1270. The number of aliphatic hydroxyl groups excluding tert-OH is 1. The number of ether oxygens (including phenoxy) is 1. The van der Waals surface area contributed by atoms with Gasteiger partial charge < -0.3 is 19.6 Å². The lowest BCUT2D eigenvalue weighted by molar-refractivity contribution is -0.121. The van der Waals surface area contributed by atoms with Crippen molar-refractivity contribution in [1.82, 2.24) is 5.32 Å². The molecule has 1 aromatic heterocycles. The minimum atomic E-state index is -3.38. The maximum atomic E-state index is 12.7. The Balaban J connectivity index is 1.40. The second-order valence-corrected chi connectivity index (χ2v) is 11.9. The van der Waals surface area contributed by atoms with Crippen LogP contribution in [0.1, 0.15) is 55.2 Å². The van der Waals surface area contributed by atoms with E-state index in [1.165, 1.54) is 19.3 Å². The first-order valence-corrected chi connectivity index (χ1v) is 13.4. The van der Waals surface area contributed by atoms with Crippen LogP contribution in [0.3, 0.4) is 0 Å². The number of benzene rings is 1. The molecule has 2 aromatic rings. The summed E-state index contributed by atoms with van der Waals surface area (Å²) in [6, 6.07) is 2.93. The van der Waals surface area contributed by atoms with Crippen molar-refractivity contribution in [2.24, 2.45) is 0 Å². The van der Waals surface area contributed by atoms with E-state index in [0.29, 0.717) is 11.1 Å². The third-order valence-electron chi connectivity index (χ3n) is 7.42. The maximum Gasteiger partial charge on any atom is 0.340 e. The molecule has 3 aliphatic rings. The number of nitrogens with one attached hydrogen (secondary N) is 1. The van der Waals surface area contributed by atoms with Gasteiger partial charge in [0.05, 0.1) is 35.6 Å². The molecule has 33 heavy (non-hydrogen) atoms. The van der Waals surface area contributed by atoms with Crippen molar-refractivity contribution in [3.8, 4) is 5.75 Å². The van der Waals surface area contributed by atoms with Crippen LogP contribution >= 0.6 is 0 Å². The maximum absolute atomic E-state index is 12.7. The molecule has 2 N–H and O–H groups in total. The summed E-state index contributed by atoms with van der Waals surface area (Å²) in [5.74, 6) is -0.422. The fourth-order valence-electron chi connectivity index (χ4n) is 5.54. The van der Waals surface area contributed by atoms with Gasteiger partial charge in [0.25, 0.3) is 0 Å². The zero-order chi connectivity index (χ0) is 23.4. The largest absolute Gasteiger partial charge is 0.487 e. The van der Waals surface area contributed by atoms with Crippen LogP contribution in [0.5, 0.6) is 5.75 Å². The molecular weight excluding hydrogens is 446 g/mol. The van der Waals surface area contributed by atoms with E-state index < -0.39 is 33.5 Å². The van der Waals surface area contributed by atoms with Gasteiger partial charge in [-0.1, -0.05) is 6.42 Å². The second-order valence-electron chi connectivity index (χ2n) is 9.79. The molecule has 1 aliphatic carbocycles. The Morgan fingerprint density at radius 3 is 2.64 bits per heavy atom. The van der Waals surface area contributed by atoms with Gasteiger partial charge in [-0.2, -0.15) is 0 Å². The van der Waals surface area contributed by atoms with Gasteiger partial charge in [0.2, 0.25) is 5.91 Å². The van der Waals surface area contributed by atoms with E-state index in [-0.39, 0.29) is 29.1 Å². The van der Waals surface area contributed by atoms with Crippen molar-refractivity contribution in [2.75, 3.05) is 11.5 Å². The summed E-state index contributed by atoms with van der Waals surface area (Å²) in [6.45, 7) is 1.79. The van der Waals surface area contributed by atoms with Crippen molar-refractivity contribution in [3.63, 3.8) is 0 Å². The Morgan fingerprint density at radius 2 is 1.94 bits per heavy atom. The topological polar surface area (TPSA) is 123 Å². The smallest absolute Gasteiger partial charge is 0.340 e. The number of sulfone groups is 1. The van der Waals surface area contributed by atoms with Crippen LogP contribution in [0.25, 0.3) is 11.0 Å². The van der Waals surface area contributed by atoms with Crippen LogP contribution in [-0.2, 0) is 27.5 Å². The van der Waals surface area contributed by atoms with Gasteiger partial charge in [-0.05, 0) is 62.6 Å². The van der Waals surface area contributed by atoms with Crippen molar-refractivity contribution in [3.05, 3.63) is 39.2 Å². The fraction of sp³-hybridized carbons (Fsp3) is 0.583. The highest BCUT2D eigenvalue weighted by Crippen LogP contribution is 2.43. The number of amides is 1. The van der Waals surface area contributed by atoms with Crippen molar-refractivity contribution < 1.29 is 27.5 Å². The number of rotatable bonds is 3. The Hall–Kier alpha value is -2.39. The van der Waals surface area contributed by atoms with Crippen LogP contribution in [0.2, 0.25) is 0 Å². The molecule has 9 heteroatoms. The molecule has 8 nitrogen and oxygen atoms in total. The van der Waals surface area contributed by atoms with E-state index in [0.717, 1.165) is 42.4 Å². The standard InChI is InChI=1S/C24H29NO7S/c1-14-16-9-15-5-8-24(6-3-2-4-7-24)32-20(15)11-21(16)31-23(28)17(14)10-22(27)25-18-12-33(29,30)13-19(18)26/h9,11,18-19,26H,2-8,10,12-13H2,1H3,(H,25,27)/t18-,19+/m1/s1. The fourth-order valence-corrected chi connectivity index (χ4v) is 7.28. The lowest BCUT2D eigenvalue weighted by Crippen LogP contribution is -2.43. The summed E-state index contributed by atoms with van der Waals surface area (Å²) in [5.41, 5.74) is 1.70. The van der Waals surface area contributed by atoms with Crippen molar-refractivity contribution >= 4 is 26.7 Å². The van der Waals surface area contributed by atoms with E-state index in [1.54, 1.807) is 13.0 Å². The summed E-state index contributed by atoms with van der Waals surface area (Å²) in [6.07, 6.45) is 6.18. The highest BCUT2D eigenvalue weighted by atomic mass is 32.2. The average molecular weight is 476 g/mol. The molecule has 1 aromatic carbocycles. The number of carbonyl (C=O) groups excluding carboxylic acids is 1. The molecule has 5 rings (SSSR count). The van der Waals surface area contributed by atoms with E-state index in [1.807, 2.05) is 6.07 Å². The van der Waals surface area contributed by atoms with Crippen molar-refractivity contribution in [2.45, 2.75) is 76.0 Å². The molecule has 178 valence electrons. The molecule has 2 atom stereocenters. The van der Waals surface area contributed by atoms with E-state index >= 15 is 0 Å². The number of carbonyl (C=O) groups is 1. The Morgan fingerprint density at radius 1 is 1.18 bits per heavy atom. The van der Waals surface area contributed by atoms with Gasteiger partial charge in [-0.3, -0.25) is 4.79 Å². The number of aryl methyl sites for hydroxylation is 2. The zero-order valence-electron chi connectivity index (χ0n) is 18.7. The van der Waals surface area contributed by atoms with E-state index in [9.17, 15) is 23.1 Å². The predicted molar refractivity (Wildman–Crippen MR) is 122 cm³/mol. The van der Waals surface area contributed by atoms with Crippen LogP contribution in [0.4, 0.5) is 0 Å². The number of aliphatic hydroxyl groups is 1. The predicted octanol–water partition coefficient (Wildman–Crippen LogP) is 1.95. The normalized spacial score (nSPS) is 25.5. The van der Waals surface area contributed by atoms with Gasteiger partial charge in [0.1, 0.15) is 16.9 Å². The summed E-state index contributed by atoms with van der Waals surface area (Å²) < 4.78 is 35.4. The van der Waals surface area contributed by atoms with Crippen molar-refractivity contribution in [1.29, 1.82) is 0 Å². The zero-order valence-corrected chi connectivity index (χ0v) is 19.5. The second kappa shape index (κ2) is 8.13. The van der Waals surface area contributed by atoms with E-state index in [4.69, 9.17) is 9.15 Å². The van der Waals surface area contributed by atoms with Crippen LogP contribution in [0, 0.1) is 6.92 Å². The number of hydrogen-bond donors (Lipinski definition) is 2. The first-order chi connectivity index (χ1) is 15.6. The van der Waals surface area contributed by atoms with Crippen LogP contribution in [0.15, 0.2) is 21.3 Å². The molecule has 1 saturated carbocycles. The highest BCUT2D eigenvalue weighted by Gasteiger charge is 2.39.